The third-order valence-corrected chi connectivity index (χ3v) is 3.05. The van der Waals surface area contributed by atoms with Crippen LogP contribution in [0.25, 0.3) is 0 Å². The van der Waals surface area contributed by atoms with Gasteiger partial charge < -0.3 is 15.2 Å². The lowest BCUT2D eigenvalue weighted by Crippen LogP contribution is -2.41. The Labute approximate surface area is 117 Å². The Balaban J connectivity index is 2.78. The van der Waals surface area contributed by atoms with Gasteiger partial charge >= 0.3 is 5.97 Å². The molecule has 0 spiro atoms. The van der Waals surface area contributed by atoms with Crippen molar-refractivity contribution in [3.8, 4) is 0 Å². The summed E-state index contributed by atoms with van der Waals surface area (Å²) in [6.45, 7) is 0.210. The van der Waals surface area contributed by atoms with E-state index in [1.807, 2.05) is 0 Å². The van der Waals surface area contributed by atoms with Gasteiger partial charge in [0.1, 0.15) is 11.9 Å². The maximum atomic E-state index is 12.9. The Bertz CT molecular complexity index is 481. The van der Waals surface area contributed by atoms with E-state index in [4.69, 9.17) is 9.84 Å². The second kappa shape index (κ2) is 7.20. The standard InChI is InChI=1S/C12H13BrFNO4/c1-19-5-4-10(12(17)18)15-11(16)8-3-2-7(14)6-9(8)13/h2-3,6,10H,4-5H2,1H3,(H,15,16)(H,17,18). The van der Waals surface area contributed by atoms with Gasteiger partial charge in [-0.1, -0.05) is 0 Å². The fourth-order valence-corrected chi connectivity index (χ4v) is 1.93. The minimum absolute atomic E-state index is 0.149. The molecule has 0 bridgehead atoms. The normalized spacial score (nSPS) is 11.9. The predicted molar refractivity (Wildman–Crippen MR) is 69.5 cm³/mol. The Morgan fingerprint density at radius 2 is 2.21 bits per heavy atom. The minimum Gasteiger partial charge on any atom is -0.480 e. The van der Waals surface area contributed by atoms with Gasteiger partial charge in [-0.3, -0.25) is 4.79 Å². The monoisotopic (exact) mass is 333 g/mol. The van der Waals surface area contributed by atoms with Crippen molar-refractivity contribution >= 4 is 27.8 Å². The second-order valence-corrected chi connectivity index (χ2v) is 4.62. The van der Waals surface area contributed by atoms with Crippen molar-refractivity contribution in [2.24, 2.45) is 0 Å². The number of methoxy groups -OCH3 is 1. The average Bonchev–Trinajstić information content (AvgIpc) is 2.33. The molecule has 1 aromatic rings. The third-order valence-electron chi connectivity index (χ3n) is 2.39. The summed E-state index contributed by atoms with van der Waals surface area (Å²) in [4.78, 5) is 22.9. The number of nitrogens with one attached hydrogen (secondary N) is 1. The number of carbonyl (C=O) groups is 2. The first-order chi connectivity index (χ1) is 8.95. The maximum absolute atomic E-state index is 12.9. The maximum Gasteiger partial charge on any atom is 0.326 e. The molecule has 1 aromatic carbocycles. The molecule has 0 aliphatic rings. The van der Waals surface area contributed by atoms with E-state index < -0.39 is 23.7 Å². The van der Waals surface area contributed by atoms with Crippen molar-refractivity contribution in [1.29, 1.82) is 0 Å². The Morgan fingerprint density at radius 1 is 1.53 bits per heavy atom. The van der Waals surface area contributed by atoms with Gasteiger partial charge in [-0.25, -0.2) is 9.18 Å². The first-order valence-electron chi connectivity index (χ1n) is 5.43. The number of amides is 1. The summed E-state index contributed by atoms with van der Waals surface area (Å²) in [6, 6.07) is 2.50. The third kappa shape index (κ3) is 4.60. The summed E-state index contributed by atoms with van der Waals surface area (Å²) >= 11 is 3.05. The van der Waals surface area contributed by atoms with Crippen LogP contribution in [0.3, 0.4) is 0 Å². The molecular weight excluding hydrogens is 321 g/mol. The molecule has 5 nitrogen and oxygen atoms in total. The number of aliphatic carboxylic acids is 1. The van der Waals surface area contributed by atoms with Crippen LogP contribution in [-0.2, 0) is 9.53 Å². The molecule has 0 saturated carbocycles. The highest BCUT2D eigenvalue weighted by Crippen LogP contribution is 2.18. The number of hydrogen-bond donors (Lipinski definition) is 2. The van der Waals surface area contributed by atoms with Crippen molar-refractivity contribution < 1.29 is 23.8 Å². The highest BCUT2D eigenvalue weighted by molar-refractivity contribution is 9.10. The summed E-state index contributed by atoms with van der Waals surface area (Å²) < 4.78 is 17.9. The molecule has 0 aliphatic heterocycles. The van der Waals surface area contributed by atoms with Crippen LogP contribution in [0.4, 0.5) is 4.39 Å². The van der Waals surface area contributed by atoms with E-state index in [9.17, 15) is 14.0 Å². The molecule has 19 heavy (non-hydrogen) atoms. The van der Waals surface area contributed by atoms with E-state index in [2.05, 4.69) is 21.2 Å². The molecule has 0 saturated heterocycles. The summed E-state index contributed by atoms with van der Waals surface area (Å²) in [6.07, 6.45) is 0.149. The van der Waals surface area contributed by atoms with Crippen LogP contribution in [-0.4, -0.2) is 36.7 Å². The van der Waals surface area contributed by atoms with Crippen LogP contribution in [0.1, 0.15) is 16.8 Å². The van der Waals surface area contributed by atoms with Crippen LogP contribution >= 0.6 is 15.9 Å². The lowest BCUT2D eigenvalue weighted by molar-refractivity contribution is -0.139. The molecule has 0 fully saturated rings. The molecule has 0 aromatic heterocycles. The van der Waals surface area contributed by atoms with Gasteiger partial charge in [-0.05, 0) is 34.1 Å². The minimum atomic E-state index is -1.15. The molecule has 7 heteroatoms. The quantitative estimate of drug-likeness (QED) is 0.832. The molecule has 0 heterocycles. The molecule has 1 unspecified atom stereocenters. The Kier molecular flexibility index (Phi) is 5.91. The summed E-state index contributed by atoms with van der Waals surface area (Å²) in [5.74, 6) is -2.23. The lowest BCUT2D eigenvalue weighted by atomic mass is 10.1. The van der Waals surface area contributed by atoms with Gasteiger partial charge in [0.05, 0.1) is 5.56 Å². The van der Waals surface area contributed by atoms with Crippen LogP contribution < -0.4 is 5.32 Å². The largest absolute Gasteiger partial charge is 0.480 e. The summed E-state index contributed by atoms with van der Waals surface area (Å²) in [5, 5.41) is 11.3. The zero-order chi connectivity index (χ0) is 14.4. The van der Waals surface area contributed by atoms with Crippen LogP contribution in [0.2, 0.25) is 0 Å². The van der Waals surface area contributed by atoms with E-state index >= 15 is 0 Å². The molecule has 2 N–H and O–H groups in total. The van der Waals surface area contributed by atoms with Crippen molar-refractivity contribution in [3.63, 3.8) is 0 Å². The Hall–Kier alpha value is -1.47. The van der Waals surface area contributed by atoms with Crippen molar-refractivity contribution in [1.82, 2.24) is 5.32 Å². The van der Waals surface area contributed by atoms with Crippen molar-refractivity contribution in [2.45, 2.75) is 12.5 Å². The fourth-order valence-electron chi connectivity index (χ4n) is 1.40. The van der Waals surface area contributed by atoms with Gasteiger partial charge in [0, 0.05) is 24.6 Å². The van der Waals surface area contributed by atoms with E-state index in [1.165, 1.54) is 13.2 Å². The first kappa shape index (κ1) is 15.6. The number of halogens is 2. The van der Waals surface area contributed by atoms with Crippen LogP contribution in [0, 0.1) is 5.82 Å². The van der Waals surface area contributed by atoms with E-state index in [0.29, 0.717) is 0 Å². The Morgan fingerprint density at radius 3 is 2.74 bits per heavy atom. The predicted octanol–water partition coefficient (Wildman–Crippen LogP) is 1.81. The van der Waals surface area contributed by atoms with Crippen LogP contribution in [0.5, 0.6) is 0 Å². The van der Waals surface area contributed by atoms with E-state index in [-0.39, 0.29) is 23.1 Å². The van der Waals surface area contributed by atoms with E-state index in [1.54, 1.807) is 0 Å². The number of carboxylic acid groups (broad SMARTS) is 1. The number of rotatable bonds is 6. The second-order valence-electron chi connectivity index (χ2n) is 3.77. The molecule has 0 radical (unpaired) electrons. The summed E-state index contributed by atoms with van der Waals surface area (Å²) in [7, 11) is 1.44. The zero-order valence-electron chi connectivity index (χ0n) is 10.2. The topological polar surface area (TPSA) is 75.6 Å². The molecule has 1 atom stereocenters. The highest BCUT2D eigenvalue weighted by atomic mass is 79.9. The van der Waals surface area contributed by atoms with Gasteiger partial charge in [-0.2, -0.15) is 0 Å². The van der Waals surface area contributed by atoms with Gasteiger partial charge in [0.15, 0.2) is 0 Å². The highest BCUT2D eigenvalue weighted by Gasteiger charge is 2.21. The number of carbonyl (C=O) groups excluding carboxylic acids is 1. The first-order valence-corrected chi connectivity index (χ1v) is 6.22. The number of ether oxygens (including phenoxy) is 1. The smallest absolute Gasteiger partial charge is 0.326 e. The fraction of sp³-hybridized carbons (Fsp3) is 0.333. The average molecular weight is 334 g/mol. The van der Waals surface area contributed by atoms with E-state index in [0.717, 1.165) is 12.1 Å². The molecule has 0 aliphatic carbocycles. The molecular formula is C12H13BrFNO4. The van der Waals surface area contributed by atoms with Crippen LogP contribution in [0.15, 0.2) is 22.7 Å². The van der Waals surface area contributed by atoms with Gasteiger partial charge in [0.2, 0.25) is 0 Å². The SMILES string of the molecule is COCCC(NC(=O)c1ccc(F)cc1Br)C(=O)O. The number of benzene rings is 1. The zero-order valence-corrected chi connectivity index (χ0v) is 11.7. The van der Waals surface area contributed by atoms with Gasteiger partial charge in [-0.15, -0.1) is 0 Å². The number of carboxylic acids is 1. The summed E-state index contributed by atoms with van der Waals surface area (Å²) in [5.41, 5.74) is 0.171. The lowest BCUT2D eigenvalue weighted by Gasteiger charge is -2.14. The van der Waals surface area contributed by atoms with Gasteiger partial charge in [0.25, 0.3) is 5.91 Å². The molecule has 104 valence electrons. The molecule has 1 amide bonds. The van der Waals surface area contributed by atoms with Crippen molar-refractivity contribution in [3.05, 3.63) is 34.1 Å². The molecule has 1 rings (SSSR count). The number of hydrogen-bond acceptors (Lipinski definition) is 3. The van der Waals surface area contributed by atoms with Crippen molar-refractivity contribution in [2.75, 3.05) is 13.7 Å².